The lowest BCUT2D eigenvalue weighted by Gasteiger charge is -2.15. The predicted molar refractivity (Wildman–Crippen MR) is 86.3 cm³/mol. The van der Waals surface area contributed by atoms with Crippen LogP contribution >= 0.6 is 0 Å². The summed E-state index contributed by atoms with van der Waals surface area (Å²) in [6, 6.07) is 4.22. The third-order valence-electron chi connectivity index (χ3n) is 3.61. The summed E-state index contributed by atoms with van der Waals surface area (Å²) in [5, 5.41) is 3.11. The summed E-state index contributed by atoms with van der Waals surface area (Å²) in [7, 11) is 1.87. The highest BCUT2D eigenvalue weighted by atomic mass is 16.5. The number of aryl methyl sites for hydroxylation is 2. The second-order valence-electron chi connectivity index (χ2n) is 5.31. The van der Waals surface area contributed by atoms with E-state index in [1.54, 1.807) is 0 Å². The van der Waals surface area contributed by atoms with E-state index in [9.17, 15) is 0 Å². The minimum Gasteiger partial charge on any atom is -0.438 e. The number of benzene rings is 1. The molecular weight excluding hydrogens is 262 g/mol. The first-order valence-corrected chi connectivity index (χ1v) is 7.34. The maximum absolute atomic E-state index is 6.11. The lowest BCUT2D eigenvalue weighted by molar-refractivity contribution is 0.450. The molecule has 0 aliphatic rings. The van der Waals surface area contributed by atoms with Crippen LogP contribution in [0, 0.1) is 20.8 Å². The van der Waals surface area contributed by atoms with Crippen molar-refractivity contribution in [3.8, 4) is 11.6 Å². The van der Waals surface area contributed by atoms with Crippen molar-refractivity contribution in [3.63, 3.8) is 0 Å². The Bertz CT molecular complexity index is 638. The van der Waals surface area contributed by atoms with Crippen LogP contribution in [0.4, 0.5) is 5.82 Å². The molecule has 2 rings (SSSR count). The predicted octanol–water partition coefficient (Wildman–Crippen LogP) is 4.19. The molecular formula is C17H23N3O. The number of ether oxygens (including phenoxy) is 1. The molecule has 2 aromatic rings. The summed E-state index contributed by atoms with van der Waals surface area (Å²) >= 11 is 0. The van der Waals surface area contributed by atoms with Crippen LogP contribution in [-0.4, -0.2) is 17.0 Å². The van der Waals surface area contributed by atoms with Gasteiger partial charge < -0.3 is 10.1 Å². The molecule has 0 spiro atoms. The van der Waals surface area contributed by atoms with Gasteiger partial charge in [0.2, 0.25) is 5.88 Å². The molecule has 21 heavy (non-hydrogen) atoms. The molecule has 0 unspecified atom stereocenters. The molecule has 0 saturated carbocycles. The van der Waals surface area contributed by atoms with Gasteiger partial charge in [0, 0.05) is 7.05 Å². The molecule has 1 N–H and O–H groups in total. The Hall–Kier alpha value is -2.10. The van der Waals surface area contributed by atoms with Crippen molar-refractivity contribution in [2.24, 2.45) is 0 Å². The fourth-order valence-corrected chi connectivity index (χ4v) is 2.39. The molecule has 0 amide bonds. The van der Waals surface area contributed by atoms with Crippen molar-refractivity contribution in [1.82, 2.24) is 9.97 Å². The molecule has 1 aromatic carbocycles. The number of hydrogen-bond acceptors (Lipinski definition) is 4. The highest BCUT2D eigenvalue weighted by Crippen LogP contribution is 2.31. The van der Waals surface area contributed by atoms with Crippen LogP contribution in [0.1, 0.15) is 35.6 Å². The normalized spacial score (nSPS) is 10.5. The molecule has 0 aliphatic carbocycles. The van der Waals surface area contributed by atoms with Crippen molar-refractivity contribution in [2.75, 3.05) is 12.4 Å². The van der Waals surface area contributed by atoms with E-state index in [2.05, 4.69) is 55.1 Å². The van der Waals surface area contributed by atoms with E-state index in [1.807, 2.05) is 7.05 Å². The minimum absolute atomic E-state index is 0.643. The summed E-state index contributed by atoms with van der Waals surface area (Å²) in [6.07, 6.45) is 3.44. The number of nitrogens with zero attached hydrogens (tertiary/aromatic N) is 2. The fraction of sp³-hybridized carbons (Fsp3) is 0.412. The molecule has 0 radical (unpaired) electrons. The van der Waals surface area contributed by atoms with Crippen molar-refractivity contribution in [2.45, 2.75) is 40.5 Å². The van der Waals surface area contributed by atoms with Gasteiger partial charge in [-0.25, -0.2) is 9.97 Å². The van der Waals surface area contributed by atoms with Crippen LogP contribution in [0.25, 0.3) is 0 Å². The maximum atomic E-state index is 6.11. The number of hydrogen-bond donors (Lipinski definition) is 1. The van der Waals surface area contributed by atoms with Crippen molar-refractivity contribution < 1.29 is 4.74 Å². The Morgan fingerprint density at radius 1 is 1.14 bits per heavy atom. The van der Waals surface area contributed by atoms with E-state index in [4.69, 9.17) is 4.74 Å². The van der Waals surface area contributed by atoms with Crippen molar-refractivity contribution in [3.05, 3.63) is 40.7 Å². The molecule has 0 atom stereocenters. The molecule has 4 nitrogen and oxygen atoms in total. The monoisotopic (exact) mass is 285 g/mol. The van der Waals surface area contributed by atoms with Crippen LogP contribution in [0.2, 0.25) is 0 Å². The van der Waals surface area contributed by atoms with Crippen LogP contribution in [0.5, 0.6) is 11.6 Å². The molecule has 0 bridgehead atoms. The first-order valence-electron chi connectivity index (χ1n) is 7.34. The molecule has 1 heterocycles. The van der Waals surface area contributed by atoms with Crippen LogP contribution < -0.4 is 10.1 Å². The van der Waals surface area contributed by atoms with Crippen molar-refractivity contribution >= 4 is 5.82 Å². The summed E-state index contributed by atoms with van der Waals surface area (Å²) in [4.78, 5) is 8.60. The standard InChI is InChI=1S/C17H23N3O/c1-6-7-14-16(18-5)19-10-20-17(14)21-15-9-11(2)8-12(3)13(15)4/h8-10H,6-7H2,1-5H3,(H,18,19,20). The van der Waals surface area contributed by atoms with Gasteiger partial charge in [-0.05, 0) is 49.9 Å². The van der Waals surface area contributed by atoms with Gasteiger partial charge >= 0.3 is 0 Å². The van der Waals surface area contributed by atoms with Crippen LogP contribution in [0.15, 0.2) is 18.5 Å². The zero-order valence-electron chi connectivity index (χ0n) is 13.4. The highest BCUT2D eigenvalue weighted by molar-refractivity contribution is 5.51. The average molecular weight is 285 g/mol. The Morgan fingerprint density at radius 2 is 1.90 bits per heavy atom. The largest absolute Gasteiger partial charge is 0.438 e. The number of anilines is 1. The van der Waals surface area contributed by atoms with Crippen LogP contribution in [-0.2, 0) is 6.42 Å². The first-order chi connectivity index (χ1) is 10.1. The molecule has 0 saturated heterocycles. The quantitative estimate of drug-likeness (QED) is 0.895. The zero-order valence-corrected chi connectivity index (χ0v) is 13.4. The second-order valence-corrected chi connectivity index (χ2v) is 5.31. The molecule has 0 fully saturated rings. The topological polar surface area (TPSA) is 47.0 Å². The van der Waals surface area contributed by atoms with E-state index in [1.165, 1.54) is 17.5 Å². The summed E-state index contributed by atoms with van der Waals surface area (Å²) in [5.74, 6) is 2.35. The van der Waals surface area contributed by atoms with Gasteiger partial charge in [0.15, 0.2) is 0 Å². The Balaban J connectivity index is 2.44. The van der Waals surface area contributed by atoms with Gasteiger partial charge in [0.25, 0.3) is 0 Å². The number of rotatable bonds is 5. The smallest absolute Gasteiger partial charge is 0.227 e. The van der Waals surface area contributed by atoms with Gasteiger partial charge in [0.1, 0.15) is 17.9 Å². The van der Waals surface area contributed by atoms with Gasteiger partial charge in [-0.1, -0.05) is 19.4 Å². The van der Waals surface area contributed by atoms with E-state index < -0.39 is 0 Å². The zero-order chi connectivity index (χ0) is 15.4. The lowest BCUT2D eigenvalue weighted by Crippen LogP contribution is -2.04. The Kier molecular flexibility index (Phi) is 4.78. The van der Waals surface area contributed by atoms with Gasteiger partial charge in [-0.2, -0.15) is 0 Å². The average Bonchev–Trinajstić information content (AvgIpc) is 2.46. The molecule has 0 aliphatic heterocycles. The second kappa shape index (κ2) is 6.57. The summed E-state index contributed by atoms with van der Waals surface area (Å²) < 4.78 is 6.11. The number of aromatic nitrogens is 2. The molecule has 4 heteroatoms. The third-order valence-corrected chi connectivity index (χ3v) is 3.61. The Morgan fingerprint density at radius 3 is 2.57 bits per heavy atom. The maximum Gasteiger partial charge on any atom is 0.227 e. The SMILES string of the molecule is CCCc1c(NC)ncnc1Oc1cc(C)cc(C)c1C. The van der Waals surface area contributed by atoms with E-state index in [0.29, 0.717) is 5.88 Å². The summed E-state index contributed by atoms with van der Waals surface area (Å²) in [5.41, 5.74) is 4.59. The Labute approximate surface area is 126 Å². The lowest BCUT2D eigenvalue weighted by atomic mass is 10.1. The van der Waals surface area contributed by atoms with E-state index in [0.717, 1.165) is 35.5 Å². The van der Waals surface area contributed by atoms with Crippen molar-refractivity contribution in [1.29, 1.82) is 0 Å². The highest BCUT2D eigenvalue weighted by Gasteiger charge is 2.13. The first kappa shape index (κ1) is 15.3. The molecule has 112 valence electrons. The number of nitrogens with one attached hydrogen (secondary N) is 1. The van der Waals surface area contributed by atoms with Gasteiger partial charge in [-0.15, -0.1) is 0 Å². The van der Waals surface area contributed by atoms with E-state index >= 15 is 0 Å². The minimum atomic E-state index is 0.643. The van der Waals surface area contributed by atoms with E-state index in [-0.39, 0.29) is 0 Å². The fourth-order valence-electron chi connectivity index (χ4n) is 2.39. The summed E-state index contributed by atoms with van der Waals surface area (Å²) in [6.45, 7) is 8.38. The van der Waals surface area contributed by atoms with Crippen LogP contribution in [0.3, 0.4) is 0 Å². The third kappa shape index (κ3) is 3.32. The molecule has 1 aromatic heterocycles. The van der Waals surface area contributed by atoms with Gasteiger partial charge in [-0.3, -0.25) is 0 Å². The van der Waals surface area contributed by atoms with Gasteiger partial charge in [0.05, 0.1) is 5.56 Å².